The van der Waals surface area contributed by atoms with Gasteiger partial charge >= 0.3 is 0 Å². The van der Waals surface area contributed by atoms with Crippen LogP contribution in [-0.4, -0.2) is 23.4 Å². The van der Waals surface area contributed by atoms with Crippen molar-refractivity contribution in [3.8, 4) is 0 Å². The van der Waals surface area contributed by atoms with Gasteiger partial charge in [-0.2, -0.15) is 0 Å². The van der Waals surface area contributed by atoms with Crippen LogP contribution in [0.25, 0.3) is 0 Å². The van der Waals surface area contributed by atoms with Crippen LogP contribution < -0.4 is 0 Å². The molecule has 0 heterocycles. The molecular weight excluding hydrogens is 140 g/mol. The van der Waals surface area contributed by atoms with Crippen LogP contribution in [0, 0.1) is 5.92 Å². The zero-order valence-electron chi connectivity index (χ0n) is 7.42. The largest absolute Gasteiger partial charge is 0.396 e. The third kappa shape index (κ3) is 6.32. The molecule has 2 heteroatoms. The van der Waals surface area contributed by atoms with Crippen molar-refractivity contribution in [3.05, 3.63) is 0 Å². The van der Waals surface area contributed by atoms with Crippen LogP contribution in [0.2, 0.25) is 0 Å². The van der Waals surface area contributed by atoms with Crippen molar-refractivity contribution in [2.75, 3.05) is 13.2 Å². The zero-order chi connectivity index (χ0) is 8.53. The Morgan fingerprint density at radius 2 is 1.73 bits per heavy atom. The lowest BCUT2D eigenvalue weighted by atomic mass is 9.98. The van der Waals surface area contributed by atoms with Crippen molar-refractivity contribution < 1.29 is 10.2 Å². The van der Waals surface area contributed by atoms with Gasteiger partial charge in [0.15, 0.2) is 0 Å². The molecule has 0 amide bonds. The van der Waals surface area contributed by atoms with E-state index in [1.165, 1.54) is 12.8 Å². The lowest BCUT2D eigenvalue weighted by molar-refractivity contribution is 0.192. The fourth-order valence-electron chi connectivity index (χ4n) is 1.20. The van der Waals surface area contributed by atoms with E-state index in [4.69, 9.17) is 10.2 Å². The molecule has 0 bridgehead atoms. The van der Waals surface area contributed by atoms with Crippen molar-refractivity contribution in [3.63, 3.8) is 0 Å². The van der Waals surface area contributed by atoms with Gasteiger partial charge in [0.05, 0.1) is 0 Å². The second kappa shape index (κ2) is 8.02. The Hall–Kier alpha value is -0.0800. The molecule has 0 saturated carbocycles. The number of unbranched alkanes of at least 4 members (excludes halogenated alkanes) is 1. The van der Waals surface area contributed by atoms with Gasteiger partial charge in [-0.1, -0.05) is 19.8 Å². The summed E-state index contributed by atoms with van der Waals surface area (Å²) in [5, 5.41) is 17.5. The van der Waals surface area contributed by atoms with Gasteiger partial charge in [0, 0.05) is 13.2 Å². The summed E-state index contributed by atoms with van der Waals surface area (Å²) in [6, 6.07) is 0. The molecule has 0 aliphatic rings. The first kappa shape index (κ1) is 10.9. The van der Waals surface area contributed by atoms with Crippen LogP contribution in [0.3, 0.4) is 0 Å². The van der Waals surface area contributed by atoms with Crippen LogP contribution in [0.4, 0.5) is 0 Å². The van der Waals surface area contributed by atoms with Gasteiger partial charge in [-0.05, 0) is 25.2 Å². The van der Waals surface area contributed by atoms with E-state index in [1.807, 2.05) is 0 Å². The van der Waals surface area contributed by atoms with Crippen molar-refractivity contribution >= 4 is 0 Å². The third-order valence-electron chi connectivity index (χ3n) is 1.99. The van der Waals surface area contributed by atoms with Gasteiger partial charge in [0.2, 0.25) is 0 Å². The fraction of sp³-hybridized carbons (Fsp3) is 1.00. The lowest BCUT2D eigenvalue weighted by Gasteiger charge is -2.11. The minimum Gasteiger partial charge on any atom is -0.396 e. The van der Waals surface area contributed by atoms with Crippen LogP contribution in [0.15, 0.2) is 0 Å². The van der Waals surface area contributed by atoms with Crippen molar-refractivity contribution in [1.82, 2.24) is 0 Å². The first-order chi connectivity index (χ1) is 5.35. The van der Waals surface area contributed by atoms with E-state index >= 15 is 0 Å². The number of aliphatic hydroxyl groups is 2. The van der Waals surface area contributed by atoms with Gasteiger partial charge in [0.25, 0.3) is 0 Å². The Morgan fingerprint density at radius 1 is 1.09 bits per heavy atom. The molecule has 0 radical (unpaired) electrons. The highest BCUT2D eigenvalue weighted by molar-refractivity contribution is 4.57. The molecule has 0 aliphatic heterocycles. The summed E-state index contributed by atoms with van der Waals surface area (Å²) >= 11 is 0. The van der Waals surface area contributed by atoms with Crippen LogP contribution in [0.5, 0.6) is 0 Å². The standard InChI is InChI=1S/C9H20O2/c1-2-3-5-9(8-11)6-4-7-10/h9-11H,2-8H2,1H3. The molecule has 1 unspecified atom stereocenters. The molecule has 2 N–H and O–H groups in total. The smallest absolute Gasteiger partial charge is 0.0459 e. The molecule has 0 aromatic rings. The molecule has 2 nitrogen and oxygen atoms in total. The summed E-state index contributed by atoms with van der Waals surface area (Å²) in [7, 11) is 0. The Bertz CT molecular complexity index is 66.0. The highest BCUT2D eigenvalue weighted by Gasteiger charge is 2.05. The van der Waals surface area contributed by atoms with E-state index in [0.29, 0.717) is 5.92 Å². The van der Waals surface area contributed by atoms with Crippen molar-refractivity contribution in [2.45, 2.75) is 39.0 Å². The predicted octanol–water partition coefficient (Wildman–Crippen LogP) is 1.56. The van der Waals surface area contributed by atoms with E-state index in [-0.39, 0.29) is 13.2 Å². The molecule has 0 spiro atoms. The SMILES string of the molecule is CCCCC(CO)CCCO. The number of rotatable bonds is 7. The average Bonchev–Trinajstić information content (AvgIpc) is 2.05. The molecular formula is C9H20O2. The molecule has 0 aliphatic carbocycles. The molecule has 11 heavy (non-hydrogen) atoms. The van der Waals surface area contributed by atoms with Gasteiger partial charge in [0.1, 0.15) is 0 Å². The summed E-state index contributed by atoms with van der Waals surface area (Å²) in [5.41, 5.74) is 0. The molecule has 0 fully saturated rings. The van der Waals surface area contributed by atoms with E-state index in [9.17, 15) is 0 Å². The first-order valence-electron chi connectivity index (χ1n) is 4.56. The second-order valence-corrected chi connectivity index (χ2v) is 3.06. The molecule has 0 aromatic carbocycles. The van der Waals surface area contributed by atoms with E-state index < -0.39 is 0 Å². The normalized spacial score (nSPS) is 13.4. The maximum atomic E-state index is 8.90. The maximum absolute atomic E-state index is 8.90. The minimum atomic E-state index is 0.253. The van der Waals surface area contributed by atoms with Gasteiger partial charge < -0.3 is 10.2 Å². The summed E-state index contributed by atoms with van der Waals surface area (Å²) in [6.07, 6.45) is 5.28. The molecule has 1 atom stereocenters. The minimum absolute atomic E-state index is 0.253. The Labute approximate surface area is 69.2 Å². The Morgan fingerprint density at radius 3 is 2.18 bits per heavy atom. The van der Waals surface area contributed by atoms with Crippen LogP contribution in [0.1, 0.15) is 39.0 Å². The maximum Gasteiger partial charge on any atom is 0.0459 e. The van der Waals surface area contributed by atoms with Crippen LogP contribution in [-0.2, 0) is 0 Å². The van der Waals surface area contributed by atoms with E-state index in [2.05, 4.69) is 6.92 Å². The molecule has 0 aromatic heterocycles. The predicted molar refractivity (Wildman–Crippen MR) is 46.4 cm³/mol. The monoisotopic (exact) mass is 160 g/mol. The zero-order valence-corrected chi connectivity index (χ0v) is 7.42. The molecule has 0 saturated heterocycles. The summed E-state index contributed by atoms with van der Waals surface area (Å²) < 4.78 is 0. The van der Waals surface area contributed by atoms with Gasteiger partial charge in [-0.25, -0.2) is 0 Å². The summed E-state index contributed by atoms with van der Waals surface area (Å²) in [5.74, 6) is 0.419. The number of aliphatic hydroxyl groups excluding tert-OH is 2. The van der Waals surface area contributed by atoms with Crippen molar-refractivity contribution in [2.24, 2.45) is 5.92 Å². The topological polar surface area (TPSA) is 40.5 Å². The number of hydrogen-bond acceptors (Lipinski definition) is 2. The Balaban J connectivity index is 3.25. The summed E-state index contributed by atoms with van der Waals surface area (Å²) in [4.78, 5) is 0. The van der Waals surface area contributed by atoms with Gasteiger partial charge in [-0.15, -0.1) is 0 Å². The van der Waals surface area contributed by atoms with E-state index in [0.717, 1.165) is 19.3 Å². The molecule has 68 valence electrons. The molecule has 0 rings (SSSR count). The third-order valence-corrected chi connectivity index (χ3v) is 1.99. The highest BCUT2D eigenvalue weighted by atomic mass is 16.3. The summed E-state index contributed by atoms with van der Waals surface area (Å²) in [6.45, 7) is 2.68. The quantitative estimate of drug-likeness (QED) is 0.593. The second-order valence-electron chi connectivity index (χ2n) is 3.06. The lowest BCUT2D eigenvalue weighted by Crippen LogP contribution is -2.06. The van der Waals surface area contributed by atoms with Gasteiger partial charge in [-0.3, -0.25) is 0 Å². The Kier molecular flexibility index (Phi) is 7.96. The van der Waals surface area contributed by atoms with Crippen molar-refractivity contribution in [1.29, 1.82) is 0 Å². The van der Waals surface area contributed by atoms with E-state index in [1.54, 1.807) is 0 Å². The number of hydrogen-bond donors (Lipinski definition) is 2. The first-order valence-corrected chi connectivity index (χ1v) is 4.56. The average molecular weight is 160 g/mol. The highest BCUT2D eigenvalue weighted by Crippen LogP contribution is 2.13. The fourth-order valence-corrected chi connectivity index (χ4v) is 1.20. The van der Waals surface area contributed by atoms with Crippen LogP contribution >= 0.6 is 0 Å².